The number of carbonyl (C=O) groups excluding carboxylic acids is 2. The van der Waals surface area contributed by atoms with E-state index in [-0.39, 0.29) is 11.7 Å². The van der Waals surface area contributed by atoms with Crippen molar-refractivity contribution in [2.45, 2.75) is 24.7 Å². The Labute approximate surface area is 105 Å². The van der Waals surface area contributed by atoms with Gasteiger partial charge in [0.15, 0.2) is 0 Å². The van der Waals surface area contributed by atoms with Gasteiger partial charge in [-0.25, -0.2) is 0 Å². The van der Waals surface area contributed by atoms with Gasteiger partial charge < -0.3 is 9.69 Å². The number of ketones is 1. The SMILES string of the molecule is CC(=O)CCc1ccc2c(c1)SCC(=O)N2C. The zero-order chi connectivity index (χ0) is 12.4. The molecular weight excluding hydrogens is 234 g/mol. The third-order valence-corrected chi connectivity index (χ3v) is 3.91. The highest BCUT2D eigenvalue weighted by atomic mass is 32.2. The Morgan fingerprint density at radius 3 is 2.94 bits per heavy atom. The minimum absolute atomic E-state index is 0.138. The van der Waals surface area contributed by atoms with Crippen LogP contribution in [0.1, 0.15) is 18.9 Å². The maximum absolute atomic E-state index is 11.5. The van der Waals surface area contributed by atoms with Gasteiger partial charge in [0.05, 0.1) is 11.4 Å². The van der Waals surface area contributed by atoms with Gasteiger partial charge in [-0.05, 0) is 31.0 Å². The van der Waals surface area contributed by atoms with Gasteiger partial charge in [0, 0.05) is 18.4 Å². The van der Waals surface area contributed by atoms with Crippen LogP contribution in [0.3, 0.4) is 0 Å². The molecule has 1 aliphatic rings. The number of aryl methyl sites for hydroxylation is 1. The van der Waals surface area contributed by atoms with E-state index >= 15 is 0 Å². The number of hydrogen-bond donors (Lipinski definition) is 0. The average Bonchev–Trinajstić information content (AvgIpc) is 2.31. The van der Waals surface area contributed by atoms with E-state index in [2.05, 4.69) is 6.07 Å². The van der Waals surface area contributed by atoms with E-state index in [0.717, 1.165) is 22.6 Å². The zero-order valence-corrected chi connectivity index (χ0v) is 10.8. The van der Waals surface area contributed by atoms with Gasteiger partial charge >= 0.3 is 0 Å². The molecule has 2 rings (SSSR count). The van der Waals surface area contributed by atoms with Crippen molar-refractivity contribution < 1.29 is 9.59 Å². The molecule has 1 heterocycles. The fourth-order valence-corrected chi connectivity index (χ4v) is 2.86. The van der Waals surface area contributed by atoms with Gasteiger partial charge in [0.2, 0.25) is 5.91 Å². The molecule has 1 aliphatic heterocycles. The molecule has 0 aliphatic carbocycles. The third-order valence-electron chi connectivity index (χ3n) is 2.88. The molecule has 0 saturated heterocycles. The van der Waals surface area contributed by atoms with Crippen LogP contribution in [0.2, 0.25) is 0 Å². The highest BCUT2D eigenvalue weighted by Crippen LogP contribution is 2.35. The molecule has 90 valence electrons. The molecule has 1 aromatic rings. The molecule has 1 amide bonds. The van der Waals surface area contributed by atoms with Gasteiger partial charge in [0.25, 0.3) is 0 Å². The highest BCUT2D eigenvalue weighted by molar-refractivity contribution is 8.00. The van der Waals surface area contributed by atoms with Crippen molar-refractivity contribution in [2.24, 2.45) is 0 Å². The first-order valence-corrected chi connectivity index (χ1v) is 6.58. The number of benzene rings is 1. The minimum atomic E-state index is 0.138. The molecule has 0 unspecified atom stereocenters. The Bertz CT molecular complexity index is 470. The predicted molar refractivity (Wildman–Crippen MR) is 69.6 cm³/mol. The molecule has 1 aromatic carbocycles. The lowest BCUT2D eigenvalue weighted by Gasteiger charge is -2.25. The molecule has 0 N–H and O–H groups in total. The molecule has 0 radical (unpaired) electrons. The fourth-order valence-electron chi connectivity index (χ4n) is 1.80. The number of carbonyl (C=O) groups is 2. The molecule has 4 heteroatoms. The Balaban J connectivity index is 2.20. The van der Waals surface area contributed by atoms with E-state index in [4.69, 9.17) is 0 Å². The van der Waals surface area contributed by atoms with Crippen LogP contribution in [-0.2, 0) is 16.0 Å². The maximum Gasteiger partial charge on any atom is 0.237 e. The lowest BCUT2D eigenvalue weighted by molar-refractivity contribution is -0.117. The summed E-state index contributed by atoms with van der Waals surface area (Å²) in [4.78, 5) is 25.3. The normalized spacial score (nSPS) is 14.7. The van der Waals surface area contributed by atoms with E-state index in [9.17, 15) is 9.59 Å². The van der Waals surface area contributed by atoms with Crippen molar-refractivity contribution in [3.63, 3.8) is 0 Å². The van der Waals surface area contributed by atoms with Gasteiger partial charge in [-0.15, -0.1) is 11.8 Å². The number of hydrogen-bond acceptors (Lipinski definition) is 3. The van der Waals surface area contributed by atoms with Crippen LogP contribution in [0, 0.1) is 0 Å². The average molecular weight is 249 g/mol. The molecule has 0 fully saturated rings. The van der Waals surface area contributed by atoms with Crippen LogP contribution < -0.4 is 4.90 Å². The number of rotatable bonds is 3. The van der Waals surface area contributed by atoms with Gasteiger partial charge in [-0.1, -0.05) is 6.07 Å². The van der Waals surface area contributed by atoms with Crippen LogP contribution in [-0.4, -0.2) is 24.5 Å². The summed E-state index contributed by atoms with van der Waals surface area (Å²) in [5.74, 6) is 0.848. The van der Waals surface area contributed by atoms with E-state index < -0.39 is 0 Å². The van der Waals surface area contributed by atoms with E-state index in [1.54, 1.807) is 30.6 Å². The number of nitrogens with zero attached hydrogens (tertiary/aromatic N) is 1. The monoisotopic (exact) mass is 249 g/mol. The van der Waals surface area contributed by atoms with Crippen molar-refractivity contribution in [1.29, 1.82) is 0 Å². The Kier molecular flexibility index (Phi) is 3.52. The quantitative estimate of drug-likeness (QED) is 0.824. The lowest BCUT2D eigenvalue weighted by atomic mass is 10.1. The maximum atomic E-state index is 11.5. The lowest BCUT2D eigenvalue weighted by Crippen LogP contribution is -2.31. The standard InChI is InChI=1S/C13H15NO2S/c1-9(15)3-4-10-5-6-11-12(7-10)17-8-13(16)14(11)2/h5-7H,3-4,8H2,1-2H3. The molecular formula is C13H15NO2S. The number of amides is 1. The summed E-state index contributed by atoms with van der Waals surface area (Å²) >= 11 is 1.57. The zero-order valence-electron chi connectivity index (χ0n) is 10.0. The summed E-state index contributed by atoms with van der Waals surface area (Å²) in [5, 5.41) is 0. The fraction of sp³-hybridized carbons (Fsp3) is 0.385. The van der Waals surface area contributed by atoms with Crippen molar-refractivity contribution in [3.05, 3.63) is 23.8 Å². The summed E-state index contributed by atoms with van der Waals surface area (Å²) in [7, 11) is 1.80. The van der Waals surface area contributed by atoms with Crippen molar-refractivity contribution in [2.75, 3.05) is 17.7 Å². The summed E-state index contributed by atoms with van der Waals surface area (Å²) in [6.07, 6.45) is 1.36. The smallest absolute Gasteiger partial charge is 0.237 e. The summed E-state index contributed by atoms with van der Waals surface area (Å²) in [6, 6.07) is 6.05. The molecule has 3 nitrogen and oxygen atoms in total. The minimum Gasteiger partial charge on any atom is -0.314 e. The molecule has 0 aromatic heterocycles. The van der Waals surface area contributed by atoms with Crippen LogP contribution in [0.5, 0.6) is 0 Å². The molecule has 0 bridgehead atoms. The van der Waals surface area contributed by atoms with E-state index in [1.165, 1.54) is 0 Å². The summed E-state index contributed by atoms with van der Waals surface area (Å²) < 4.78 is 0. The second-order valence-electron chi connectivity index (χ2n) is 4.25. The van der Waals surface area contributed by atoms with Crippen LogP contribution >= 0.6 is 11.8 Å². The first-order chi connectivity index (χ1) is 8.08. The van der Waals surface area contributed by atoms with Crippen molar-refractivity contribution >= 4 is 29.1 Å². The number of Topliss-reactive ketones (excluding diaryl/α,β-unsaturated/α-hetero) is 1. The molecule has 0 saturated carbocycles. The van der Waals surface area contributed by atoms with E-state index in [1.807, 2.05) is 12.1 Å². The predicted octanol–water partition coefficient (Wildman–Crippen LogP) is 2.28. The third kappa shape index (κ3) is 2.69. The van der Waals surface area contributed by atoms with Crippen molar-refractivity contribution in [1.82, 2.24) is 0 Å². The topological polar surface area (TPSA) is 37.4 Å². The second kappa shape index (κ2) is 4.92. The first-order valence-electron chi connectivity index (χ1n) is 5.59. The van der Waals surface area contributed by atoms with E-state index in [0.29, 0.717) is 12.2 Å². The Hall–Kier alpha value is -1.29. The van der Waals surface area contributed by atoms with Crippen LogP contribution in [0.15, 0.2) is 23.1 Å². The van der Waals surface area contributed by atoms with Gasteiger partial charge in [-0.2, -0.15) is 0 Å². The number of thioether (sulfide) groups is 1. The largest absolute Gasteiger partial charge is 0.314 e. The molecule has 17 heavy (non-hydrogen) atoms. The highest BCUT2D eigenvalue weighted by Gasteiger charge is 2.21. The second-order valence-corrected chi connectivity index (χ2v) is 5.26. The summed E-state index contributed by atoms with van der Waals surface area (Å²) in [6.45, 7) is 1.61. The van der Waals surface area contributed by atoms with Gasteiger partial charge in [-0.3, -0.25) is 4.79 Å². The van der Waals surface area contributed by atoms with Gasteiger partial charge in [0.1, 0.15) is 5.78 Å². The summed E-state index contributed by atoms with van der Waals surface area (Å²) in [5.41, 5.74) is 2.13. The first kappa shape index (κ1) is 12.2. The Morgan fingerprint density at radius 1 is 1.47 bits per heavy atom. The number of anilines is 1. The Morgan fingerprint density at radius 2 is 2.24 bits per heavy atom. The molecule has 0 spiro atoms. The number of fused-ring (bicyclic) bond motifs is 1. The van der Waals surface area contributed by atoms with Crippen LogP contribution in [0.4, 0.5) is 5.69 Å². The van der Waals surface area contributed by atoms with Crippen molar-refractivity contribution in [3.8, 4) is 0 Å². The molecule has 0 atom stereocenters. The van der Waals surface area contributed by atoms with Crippen LogP contribution in [0.25, 0.3) is 0 Å².